The molecule has 0 amide bonds. The standard InChI is InChI=1S/C21H20FNO5S/c1-3-26-19-10-14(4-9-18(19)25-2)21(24)28-11-16-13-29-20(23-16)12-27-17-7-5-15(22)6-8-17/h4-10,13H,3,11-12H2,1-2H3. The van der Waals surface area contributed by atoms with Gasteiger partial charge in [-0.3, -0.25) is 0 Å². The molecule has 1 heterocycles. The van der Waals surface area contributed by atoms with Crippen molar-refractivity contribution >= 4 is 17.3 Å². The average molecular weight is 417 g/mol. The van der Waals surface area contributed by atoms with Crippen LogP contribution < -0.4 is 14.2 Å². The molecule has 0 N–H and O–H groups in total. The maximum Gasteiger partial charge on any atom is 0.338 e. The monoisotopic (exact) mass is 417 g/mol. The molecule has 152 valence electrons. The van der Waals surface area contributed by atoms with Crippen LogP contribution in [0.3, 0.4) is 0 Å². The normalized spacial score (nSPS) is 10.4. The van der Waals surface area contributed by atoms with E-state index in [0.29, 0.717) is 35.1 Å². The summed E-state index contributed by atoms with van der Waals surface area (Å²) in [5, 5.41) is 2.53. The lowest BCUT2D eigenvalue weighted by Gasteiger charge is -2.10. The lowest BCUT2D eigenvalue weighted by atomic mass is 10.2. The number of esters is 1. The van der Waals surface area contributed by atoms with E-state index in [9.17, 15) is 9.18 Å². The molecule has 0 aliphatic carbocycles. The first-order valence-electron chi connectivity index (χ1n) is 8.88. The van der Waals surface area contributed by atoms with E-state index >= 15 is 0 Å². The van der Waals surface area contributed by atoms with Crippen molar-refractivity contribution in [2.75, 3.05) is 13.7 Å². The van der Waals surface area contributed by atoms with Gasteiger partial charge in [-0.05, 0) is 49.4 Å². The van der Waals surface area contributed by atoms with Gasteiger partial charge in [0.2, 0.25) is 0 Å². The van der Waals surface area contributed by atoms with Crippen LogP contribution in [0.2, 0.25) is 0 Å². The zero-order valence-electron chi connectivity index (χ0n) is 16.0. The summed E-state index contributed by atoms with van der Waals surface area (Å²) in [6, 6.07) is 10.6. The topological polar surface area (TPSA) is 66.9 Å². The molecular weight excluding hydrogens is 397 g/mol. The Balaban J connectivity index is 1.54. The van der Waals surface area contributed by atoms with Crippen LogP contribution in [-0.2, 0) is 18.0 Å². The number of nitrogens with zero attached hydrogens (tertiary/aromatic N) is 1. The second-order valence-electron chi connectivity index (χ2n) is 5.85. The van der Waals surface area contributed by atoms with E-state index in [2.05, 4.69) is 4.98 Å². The minimum absolute atomic E-state index is 0.0435. The molecular formula is C21H20FNO5S. The van der Waals surface area contributed by atoms with Crippen LogP contribution in [-0.4, -0.2) is 24.7 Å². The zero-order chi connectivity index (χ0) is 20.6. The molecule has 0 saturated heterocycles. The number of carbonyl (C=O) groups is 1. The highest BCUT2D eigenvalue weighted by Crippen LogP contribution is 2.28. The summed E-state index contributed by atoms with van der Waals surface area (Å²) in [5.41, 5.74) is 0.990. The second-order valence-corrected chi connectivity index (χ2v) is 6.79. The smallest absolute Gasteiger partial charge is 0.338 e. The second kappa shape index (κ2) is 9.88. The summed E-state index contributed by atoms with van der Waals surface area (Å²) in [5.74, 6) is 0.790. The summed E-state index contributed by atoms with van der Waals surface area (Å²) in [4.78, 5) is 16.7. The fraction of sp³-hybridized carbons (Fsp3) is 0.238. The molecule has 0 fully saturated rings. The Morgan fingerprint density at radius 3 is 2.59 bits per heavy atom. The van der Waals surface area contributed by atoms with Gasteiger partial charge in [0.15, 0.2) is 11.5 Å². The fourth-order valence-electron chi connectivity index (χ4n) is 2.45. The number of halogens is 1. The Morgan fingerprint density at radius 2 is 1.86 bits per heavy atom. The third-order valence-corrected chi connectivity index (χ3v) is 4.70. The Labute approximate surface area is 171 Å². The van der Waals surface area contributed by atoms with Gasteiger partial charge in [-0.15, -0.1) is 11.3 Å². The largest absolute Gasteiger partial charge is 0.493 e. The maximum absolute atomic E-state index is 12.9. The quantitative estimate of drug-likeness (QED) is 0.473. The number of methoxy groups -OCH3 is 1. The van der Waals surface area contributed by atoms with Gasteiger partial charge in [-0.2, -0.15) is 0 Å². The average Bonchev–Trinajstić information content (AvgIpc) is 3.19. The van der Waals surface area contributed by atoms with Gasteiger partial charge in [0.1, 0.15) is 29.8 Å². The van der Waals surface area contributed by atoms with Crippen molar-refractivity contribution in [3.05, 3.63) is 69.9 Å². The molecule has 3 rings (SSSR count). The predicted octanol–water partition coefficient (Wildman–Crippen LogP) is 4.63. The minimum Gasteiger partial charge on any atom is -0.493 e. The molecule has 0 aliphatic heterocycles. The van der Waals surface area contributed by atoms with Gasteiger partial charge in [-0.1, -0.05) is 0 Å². The number of hydrogen-bond donors (Lipinski definition) is 0. The summed E-state index contributed by atoms with van der Waals surface area (Å²) in [7, 11) is 1.54. The number of ether oxygens (including phenoxy) is 4. The van der Waals surface area contributed by atoms with Gasteiger partial charge in [-0.25, -0.2) is 14.2 Å². The number of rotatable bonds is 9. The van der Waals surface area contributed by atoms with E-state index in [1.54, 1.807) is 35.7 Å². The number of hydrogen-bond acceptors (Lipinski definition) is 7. The lowest BCUT2D eigenvalue weighted by molar-refractivity contribution is 0.0467. The van der Waals surface area contributed by atoms with Gasteiger partial charge >= 0.3 is 5.97 Å². The zero-order valence-corrected chi connectivity index (χ0v) is 16.8. The molecule has 0 radical (unpaired) electrons. The number of thiazole rings is 1. The van der Waals surface area contributed by atoms with E-state index < -0.39 is 5.97 Å². The molecule has 29 heavy (non-hydrogen) atoms. The van der Waals surface area contributed by atoms with Gasteiger partial charge in [0.05, 0.1) is 25.0 Å². The van der Waals surface area contributed by atoms with Crippen LogP contribution in [0, 0.1) is 5.82 Å². The number of benzene rings is 2. The van der Waals surface area contributed by atoms with Crippen molar-refractivity contribution in [2.45, 2.75) is 20.1 Å². The Kier molecular flexibility index (Phi) is 7.02. The molecule has 0 unspecified atom stereocenters. The van der Waals surface area contributed by atoms with Crippen LogP contribution in [0.1, 0.15) is 28.0 Å². The maximum atomic E-state index is 12.9. The molecule has 0 spiro atoms. The lowest BCUT2D eigenvalue weighted by Crippen LogP contribution is -2.07. The van der Waals surface area contributed by atoms with E-state index in [-0.39, 0.29) is 19.0 Å². The predicted molar refractivity (Wildman–Crippen MR) is 106 cm³/mol. The van der Waals surface area contributed by atoms with E-state index in [0.717, 1.165) is 5.01 Å². The van der Waals surface area contributed by atoms with Crippen molar-refractivity contribution in [2.24, 2.45) is 0 Å². The highest BCUT2D eigenvalue weighted by atomic mass is 32.1. The summed E-state index contributed by atoms with van der Waals surface area (Å²) in [6.45, 7) is 2.60. The highest BCUT2D eigenvalue weighted by molar-refractivity contribution is 7.09. The molecule has 2 aromatic carbocycles. The van der Waals surface area contributed by atoms with E-state index in [1.165, 1.54) is 30.6 Å². The third kappa shape index (κ3) is 5.68. The van der Waals surface area contributed by atoms with E-state index in [4.69, 9.17) is 18.9 Å². The molecule has 1 aromatic heterocycles. The highest BCUT2D eigenvalue weighted by Gasteiger charge is 2.13. The molecule has 0 bridgehead atoms. The van der Waals surface area contributed by atoms with Crippen molar-refractivity contribution in [3.8, 4) is 17.2 Å². The SMILES string of the molecule is CCOc1cc(C(=O)OCc2csc(COc3ccc(F)cc3)n2)ccc1OC. The summed E-state index contributed by atoms with van der Waals surface area (Å²) < 4.78 is 34.5. The Morgan fingerprint density at radius 1 is 1.07 bits per heavy atom. The minimum atomic E-state index is -0.481. The summed E-state index contributed by atoms with van der Waals surface area (Å²) in [6.07, 6.45) is 0. The number of aromatic nitrogens is 1. The molecule has 0 aliphatic rings. The Hall–Kier alpha value is -3.13. The van der Waals surface area contributed by atoms with Crippen LogP contribution in [0.5, 0.6) is 17.2 Å². The van der Waals surface area contributed by atoms with Crippen LogP contribution in [0.25, 0.3) is 0 Å². The molecule has 3 aromatic rings. The first kappa shape index (κ1) is 20.6. The van der Waals surface area contributed by atoms with Crippen molar-refractivity contribution in [3.63, 3.8) is 0 Å². The van der Waals surface area contributed by atoms with Crippen molar-refractivity contribution in [1.29, 1.82) is 0 Å². The summed E-state index contributed by atoms with van der Waals surface area (Å²) >= 11 is 1.40. The van der Waals surface area contributed by atoms with Crippen LogP contribution in [0.4, 0.5) is 4.39 Å². The first-order valence-corrected chi connectivity index (χ1v) is 9.76. The first-order chi connectivity index (χ1) is 14.1. The fourth-order valence-corrected chi connectivity index (χ4v) is 3.14. The molecule has 0 saturated carbocycles. The van der Waals surface area contributed by atoms with Gasteiger partial charge in [0.25, 0.3) is 0 Å². The van der Waals surface area contributed by atoms with Crippen LogP contribution in [0.15, 0.2) is 47.8 Å². The van der Waals surface area contributed by atoms with Crippen LogP contribution >= 0.6 is 11.3 Å². The molecule has 0 atom stereocenters. The van der Waals surface area contributed by atoms with E-state index in [1.807, 2.05) is 6.92 Å². The van der Waals surface area contributed by atoms with Crippen molar-refractivity contribution < 1.29 is 28.1 Å². The van der Waals surface area contributed by atoms with Crippen molar-refractivity contribution in [1.82, 2.24) is 4.98 Å². The Bertz CT molecular complexity index is 958. The number of carbonyl (C=O) groups excluding carboxylic acids is 1. The van der Waals surface area contributed by atoms with Gasteiger partial charge < -0.3 is 18.9 Å². The third-order valence-electron chi connectivity index (χ3n) is 3.83. The molecule has 8 heteroatoms. The molecule has 6 nitrogen and oxygen atoms in total. The van der Waals surface area contributed by atoms with Gasteiger partial charge in [0, 0.05) is 5.38 Å².